The van der Waals surface area contributed by atoms with Gasteiger partial charge in [-0.05, 0) is 24.6 Å². The van der Waals surface area contributed by atoms with E-state index in [1.54, 1.807) is 31.2 Å². The van der Waals surface area contributed by atoms with Gasteiger partial charge < -0.3 is 10.2 Å². The normalized spacial score (nSPS) is 12.4. The number of aromatic nitrogens is 2. The summed E-state index contributed by atoms with van der Waals surface area (Å²) in [5.74, 6) is 0.612. The second-order valence-electron chi connectivity index (χ2n) is 4.42. The standard InChI is InChI=1S/C13H16N4O3S/c1-3-12-14-8-13(15-12)21(19,20)17-11-6-4-10(5-7-11)9(2)16-18/h4-8,17-18H,3H2,1-2H3,(H,14,15). The van der Waals surface area contributed by atoms with E-state index in [1.807, 2.05) is 6.92 Å². The Morgan fingerprint density at radius 2 is 2.05 bits per heavy atom. The molecule has 0 aliphatic rings. The maximum absolute atomic E-state index is 12.2. The number of hydrogen-bond donors (Lipinski definition) is 3. The minimum Gasteiger partial charge on any atom is -0.411 e. The average Bonchev–Trinajstić information content (AvgIpc) is 2.96. The van der Waals surface area contributed by atoms with Gasteiger partial charge in [0.2, 0.25) is 0 Å². The van der Waals surface area contributed by atoms with E-state index in [0.29, 0.717) is 29.2 Å². The maximum Gasteiger partial charge on any atom is 0.278 e. The predicted molar refractivity (Wildman–Crippen MR) is 79.2 cm³/mol. The Kier molecular flexibility index (Phi) is 4.27. The van der Waals surface area contributed by atoms with Crippen LogP contribution in [0.2, 0.25) is 0 Å². The Morgan fingerprint density at radius 3 is 2.57 bits per heavy atom. The fourth-order valence-corrected chi connectivity index (χ4v) is 2.71. The van der Waals surface area contributed by atoms with Crippen molar-refractivity contribution in [2.75, 3.05) is 4.72 Å². The summed E-state index contributed by atoms with van der Waals surface area (Å²) in [6.07, 6.45) is 1.92. The average molecular weight is 308 g/mol. The topological polar surface area (TPSA) is 107 Å². The van der Waals surface area contributed by atoms with Gasteiger partial charge >= 0.3 is 0 Å². The van der Waals surface area contributed by atoms with Crippen molar-refractivity contribution in [1.29, 1.82) is 0 Å². The van der Waals surface area contributed by atoms with Crippen LogP contribution < -0.4 is 4.72 Å². The first-order chi connectivity index (χ1) is 9.96. The highest BCUT2D eigenvalue weighted by Gasteiger charge is 2.17. The SMILES string of the molecule is CCc1ncc(S(=O)(=O)Nc2ccc(C(C)=NO)cc2)[nH]1. The quantitative estimate of drug-likeness (QED) is 0.446. The summed E-state index contributed by atoms with van der Waals surface area (Å²) in [7, 11) is -3.69. The number of oxime groups is 1. The van der Waals surface area contributed by atoms with Crippen LogP contribution in [-0.2, 0) is 16.4 Å². The van der Waals surface area contributed by atoms with Crippen molar-refractivity contribution < 1.29 is 13.6 Å². The summed E-state index contributed by atoms with van der Waals surface area (Å²) < 4.78 is 26.8. The van der Waals surface area contributed by atoms with Crippen molar-refractivity contribution in [2.45, 2.75) is 25.3 Å². The van der Waals surface area contributed by atoms with Crippen LogP contribution in [0, 0.1) is 0 Å². The fraction of sp³-hybridized carbons (Fsp3) is 0.231. The number of aryl methyl sites for hydroxylation is 1. The van der Waals surface area contributed by atoms with Gasteiger partial charge in [0.05, 0.1) is 11.9 Å². The van der Waals surface area contributed by atoms with Crippen molar-refractivity contribution in [3.63, 3.8) is 0 Å². The van der Waals surface area contributed by atoms with E-state index in [4.69, 9.17) is 5.21 Å². The van der Waals surface area contributed by atoms with Crippen molar-refractivity contribution >= 4 is 21.4 Å². The van der Waals surface area contributed by atoms with E-state index < -0.39 is 10.0 Å². The summed E-state index contributed by atoms with van der Waals surface area (Å²) >= 11 is 0. The van der Waals surface area contributed by atoms with E-state index >= 15 is 0 Å². The van der Waals surface area contributed by atoms with Crippen LogP contribution in [0.15, 0.2) is 40.6 Å². The van der Waals surface area contributed by atoms with Crippen LogP contribution in [0.4, 0.5) is 5.69 Å². The van der Waals surface area contributed by atoms with Crippen molar-refractivity contribution in [2.24, 2.45) is 5.16 Å². The van der Waals surface area contributed by atoms with Gasteiger partial charge in [-0.3, -0.25) is 4.72 Å². The van der Waals surface area contributed by atoms with Crippen LogP contribution in [-0.4, -0.2) is 29.3 Å². The Hall–Kier alpha value is -2.35. The first kappa shape index (κ1) is 15.0. The first-order valence-corrected chi connectivity index (χ1v) is 7.80. The number of rotatable bonds is 5. The molecule has 0 aliphatic carbocycles. The molecule has 8 heteroatoms. The molecule has 0 fully saturated rings. The molecular formula is C13H16N4O3S. The van der Waals surface area contributed by atoms with E-state index in [9.17, 15) is 8.42 Å². The fourth-order valence-electron chi connectivity index (χ4n) is 1.71. The highest BCUT2D eigenvalue weighted by molar-refractivity contribution is 7.92. The van der Waals surface area contributed by atoms with Gasteiger partial charge in [-0.2, -0.15) is 8.42 Å². The molecule has 0 aliphatic heterocycles. The number of nitrogens with one attached hydrogen (secondary N) is 2. The van der Waals surface area contributed by atoms with Crippen molar-refractivity contribution in [1.82, 2.24) is 9.97 Å². The Labute approximate surface area is 122 Å². The van der Waals surface area contributed by atoms with Gasteiger partial charge in [0, 0.05) is 12.1 Å². The molecule has 0 unspecified atom stereocenters. The molecule has 0 atom stereocenters. The summed E-state index contributed by atoms with van der Waals surface area (Å²) in [6.45, 7) is 3.53. The van der Waals surface area contributed by atoms with Gasteiger partial charge in [0.1, 0.15) is 5.82 Å². The lowest BCUT2D eigenvalue weighted by atomic mass is 10.1. The second-order valence-corrected chi connectivity index (χ2v) is 6.07. The molecule has 2 aromatic rings. The molecule has 1 heterocycles. The number of benzene rings is 1. The molecule has 2 rings (SSSR count). The highest BCUT2D eigenvalue weighted by atomic mass is 32.2. The number of nitrogens with zero attached hydrogens (tertiary/aromatic N) is 2. The number of sulfonamides is 1. The van der Waals surface area contributed by atoms with Gasteiger partial charge in [0.25, 0.3) is 10.0 Å². The van der Waals surface area contributed by atoms with Crippen LogP contribution in [0.5, 0.6) is 0 Å². The smallest absolute Gasteiger partial charge is 0.278 e. The lowest BCUT2D eigenvalue weighted by Gasteiger charge is -2.07. The molecule has 3 N–H and O–H groups in total. The summed E-state index contributed by atoms with van der Waals surface area (Å²) in [5.41, 5.74) is 1.57. The van der Waals surface area contributed by atoms with Crippen LogP contribution >= 0.6 is 0 Å². The predicted octanol–water partition coefficient (Wildman–Crippen LogP) is 1.97. The molecule has 0 bridgehead atoms. The first-order valence-electron chi connectivity index (χ1n) is 6.32. The van der Waals surface area contributed by atoms with Gasteiger partial charge in [-0.25, -0.2) is 4.98 Å². The van der Waals surface area contributed by atoms with Gasteiger partial charge in [-0.15, -0.1) is 0 Å². The number of imidazole rings is 1. The molecule has 0 spiro atoms. The highest BCUT2D eigenvalue weighted by Crippen LogP contribution is 2.16. The van der Waals surface area contributed by atoms with Crippen LogP contribution in [0.25, 0.3) is 0 Å². The third-order valence-electron chi connectivity index (χ3n) is 2.93. The number of anilines is 1. The van der Waals surface area contributed by atoms with E-state index in [2.05, 4.69) is 19.8 Å². The van der Waals surface area contributed by atoms with Crippen molar-refractivity contribution in [3.05, 3.63) is 41.9 Å². The molecule has 0 saturated carbocycles. The van der Waals surface area contributed by atoms with Crippen LogP contribution in [0.1, 0.15) is 25.2 Å². The molecule has 112 valence electrons. The van der Waals surface area contributed by atoms with Crippen LogP contribution in [0.3, 0.4) is 0 Å². The lowest BCUT2D eigenvalue weighted by Crippen LogP contribution is -2.13. The number of aromatic amines is 1. The largest absolute Gasteiger partial charge is 0.411 e. The molecular weight excluding hydrogens is 292 g/mol. The van der Waals surface area contributed by atoms with E-state index in [1.165, 1.54) is 6.20 Å². The molecule has 0 radical (unpaired) electrons. The minimum atomic E-state index is -3.69. The summed E-state index contributed by atoms with van der Waals surface area (Å²) in [6, 6.07) is 6.52. The number of hydrogen-bond acceptors (Lipinski definition) is 5. The molecule has 1 aromatic heterocycles. The minimum absolute atomic E-state index is 0.0246. The monoisotopic (exact) mass is 308 g/mol. The van der Waals surface area contributed by atoms with E-state index in [-0.39, 0.29) is 5.03 Å². The lowest BCUT2D eigenvalue weighted by molar-refractivity contribution is 0.319. The Balaban J connectivity index is 2.20. The molecule has 0 saturated heterocycles. The molecule has 1 aromatic carbocycles. The zero-order valence-electron chi connectivity index (χ0n) is 11.7. The van der Waals surface area contributed by atoms with Gasteiger partial charge in [-0.1, -0.05) is 24.2 Å². The molecule has 0 amide bonds. The van der Waals surface area contributed by atoms with Gasteiger partial charge in [0.15, 0.2) is 5.03 Å². The van der Waals surface area contributed by atoms with Crippen molar-refractivity contribution in [3.8, 4) is 0 Å². The van der Waals surface area contributed by atoms with E-state index in [0.717, 1.165) is 0 Å². The number of H-pyrrole nitrogens is 1. The molecule has 21 heavy (non-hydrogen) atoms. The summed E-state index contributed by atoms with van der Waals surface area (Å²) in [5, 5.41) is 11.8. The maximum atomic E-state index is 12.2. The third kappa shape index (κ3) is 3.40. The zero-order chi connectivity index (χ0) is 15.5. The Bertz CT molecular complexity index is 748. The zero-order valence-corrected chi connectivity index (χ0v) is 12.5. The Morgan fingerprint density at radius 1 is 1.38 bits per heavy atom. The second kappa shape index (κ2) is 5.96. The molecule has 7 nitrogen and oxygen atoms in total. The summed E-state index contributed by atoms with van der Waals surface area (Å²) in [4.78, 5) is 6.72. The third-order valence-corrected chi connectivity index (χ3v) is 4.23.